The van der Waals surface area contributed by atoms with Gasteiger partial charge in [0.2, 0.25) is 0 Å². The maximum absolute atomic E-state index is 7.50. The first-order valence-corrected chi connectivity index (χ1v) is 2.97. The Kier molecular flexibility index (Phi) is 175. The van der Waals surface area contributed by atoms with E-state index in [4.69, 9.17) is 28.1 Å². The predicted octanol–water partition coefficient (Wildman–Crippen LogP) is -3.12. The van der Waals surface area contributed by atoms with E-state index in [-0.39, 0.29) is 46.6 Å². The van der Waals surface area contributed by atoms with Crippen molar-refractivity contribution in [3.05, 3.63) is 26.6 Å². The molecule has 84 valence electrons. The molecule has 0 radical (unpaired) electrons. The number of rotatable bonds is 0. The summed E-state index contributed by atoms with van der Waals surface area (Å²) >= 11 is 0. The van der Waals surface area contributed by atoms with Crippen molar-refractivity contribution in [3.8, 4) is 0 Å². The molecule has 16 heavy (non-hydrogen) atoms. The maximum Gasteiger partial charge on any atom is 1.00 e. The average molecular weight is 279 g/mol. The molecule has 0 amide bonds. The van der Waals surface area contributed by atoms with E-state index in [0.717, 1.165) is 26.4 Å². The van der Waals surface area contributed by atoms with Crippen LogP contribution in [0.2, 0.25) is 0 Å². The van der Waals surface area contributed by atoms with Crippen LogP contribution in [0.1, 0.15) is 0 Å². The van der Waals surface area contributed by atoms with Gasteiger partial charge in [0.15, 0.2) is 0 Å². The molecule has 1 aliphatic heterocycles. The van der Waals surface area contributed by atoms with Gasteiger partial charge in [0.1, 0.15) is 0 Å². The molecule has 1 fully saturated rings. The molecule has 1 saturated heterocycles. The van der Waals surface area contributed by atoms with Gasteiger partial charge in [-0.2, -0.15) is 0 Å². The van der Waals surface area contributed by atoms with Gasteiger partial charge < -0.3 is 9.47 Å². The van der Waals surface area contributed by atoms with Gasteiger partial charge in [0.25, 0.3) is 0 Å². The Morgan fingerprint density at radius 3 is 0.750 bits per heavy atom. The fraction of sp³-hybridized carbons (Fsp3) is 0.500. The minimum atomic E-state index is 0. The maximum atomic E-state index is 7.50. The van der Waals surface area contributed by atoms with Gasteiger partial charge in [0, 0.05) is 17.1 Å². The van der Waals surface area contributed by atoms with Gasteiger partial charge in [-0.25, -0.2) is 0 Å². The van der Waals surface area contributed by atoms with E-state index < -0.39 is 0 Å². The van der Waals surface area contributed by atoms with Gasteiger partial charge >= 0.3 is 74.8 Å². The van der Waals surface area contributed by atoms with Crippen molar-refractivity contribution in [2.75, 3.05) is 26.4 Å². The molecule has 0 saturated carbocycles. The molecule has 0 atom stereocenters. The van der Waals surface area contributed by atoms with Gasteiger partial charge in [-0.05, 0) is 0 Å². The van der Waals surface area contributed by atoms with Crippen molar-refractivity contribution < 1.29 is 74.7 Å². The monoisotopic (exact) mass is 279 g/mol. The molecule has 0 aromatic rings. The van der Waals surface area contributed by atoms with Crippen molar-refractivity contribution in [2.45, 2.75) is 0 Å². The molecule has 0 bridgehead atoms. The molecule has 0 spiro atoms. The molecule has 0 aliphatic carbocycles. The summed E-state index contributed by atoms with van der Waals surface area (Å²) in [6.45, 7) is 21.1. The van der Waals surface area contributed by atoms with Crippen LogP contribution >= 0.6 is 0 Å². The fourth-order valence-corrected chi connectivity index (χ4v) is 0.440. The molecule has 0 aromatic carbocycles. The molecule has 1 heterocycles. The Hall–Kier alpha value is 0.399. The van der Waals surface area contributed by atoms with E-state index in [1.54, 1.807) is 0 Å². The zero-order valence-corrected chi connectivity index (χ0v) is 11.7. The standard InChI is InChI=1S/C4H8O2.4CO.Fe.Na/c1-2-6-4-3-5-1;4*1-2;;/h1-4H2;;;;;;/q;;;;;;+1. The Morgan fingerprint density at radius 2 is 0.688 bits per heavy atom. The van der Waals surface area contributed by atoms with E-state index in [1.807, 2.05) is 0 Å². The van der Waals surface area contributed by atoms with E-state index in [1.165, 1.54) is 0 Å². The number of hydrogen-bond acceptors (Lipinski definition) is 2. The van der Waals surface area contributed by atoms with Gasteiger partial charge in [-0.3, -0.25) is 0 Å². The molecular formula is C8H8FeNaO6+. The first-order valence-electron chi connectivity index (χ1n) is 2.97. The van der Waals surface area contributed by atoms with Crippen LogP contribution in [-0.2, 0) is 45.2 Å². The Morgan fingerprint density at radius 1 is 0.562 bits per heavy atom. The van der Waals surface area contributed by atoms with Crippen LogP contribution in [0.15, 0.2) is 0 Å². The van der Waals surface area contributed by atoms with Crippen molar-refractivity contribution in [2.24, 2.45) is 0 Å². The minimum Gasteiger partial charge on any atom is 0 e. The minimum absolute atomic E-state index is 0. The summed E-state index contributed by atoms with van der Waals surface area (Å²) in [5.41, 5.74) is 0. The molecule has 0 unspecified atom stereocenters. The summed E-state index contributed by atoms with van der Waals surface area (Å²) in [7, 11) is 0. The van der Waals surface area contributed by atoms with E-state index in [0.29, 0.717) is 0 Å². The quantitative estimate of drug-likeness (QED) is 0.266. The molecule has 6 nitrogen and oxygen atoms in total. The van der Waals surface area contributed by atoms with Crippen molar-refractivity contribution in [1.29, 1.82) is 0 Å². The van der Waals surface area contributed by atoms with Crippen LogP contribution in [0, 0.1) is 26.6 Å². The average Bonchev–Trinajstić information content (AvgIpc) is 2.41. The summed E-state index contributed by atoms with van der Waals surface area (Å²) in [6.07, 6.45) is 0. The predicted molar refractivity (Wildman–Crippen MR) is 37.4 cm³/mol. The largest absolute Gasteiger partial charge is 1.00 e. The van der Waals surface area contributed by atoms with Crippen LogP contribution in [0.3, 0.4) is 0 Å². The zero-order chi connectivity index (χ0) is 12.2. The SMILES string of the molecule is C1COCCO1.[C-]#[O+].[C-]#[O+].[C-]#[O+].[C-]#[O+].[Fe].[Na+]. The van der Waals surface area contributed by atoms with E-state index in [2.05, 4.69) is 26.6 Å². The van der Waals surface area contributed by atoms with E-state index in [9.17, 15) is 0 Å². The van der Waals surface area contributed by atoms with Crippen molar-refractivity contribution in [3.63, 3.8) is 0 Å². The molecule has 1 rings (SSSR count). The van der Waals surface area contributed by atoms with Gasteiger partial charge in [-0.15, -0.1) is 0 Å². The third kappa shape index (κ3) is 63.1. The van der Waals surface area contributed by atoms with Crippen molar-refractivity contribution in [1.82, 2.24) is 0 Å². The van der Waals surface area contributed by atoms with Crippen molar-refractivity contribution >= 4 is 0 Å². The van der Waals surface area contributed by atoms with Crippen LogP contribution in [0.25, 0.3) is 0 Å². The summed E-state index contributed by atoms with van der Waals surface area (Å²) in [6, 6.07) is 0. The third-order valence-corrected chi connectivity index (χ3v) is 0.744. The van der Waals surface area contributed by atoms with Crippen LogP contribution in [0.4, 0.5) is 0 Å². The number of hydrogen-bond donors (Lipinski definition) is 0. The number of ether oxygens (including phenoxy) is 2. The summed E-state index contributed by atoms with van der Waals surface area (Å²) in [4.78, 5) is 0. The topological polar surface area (TPSA) is 98.1 Å². The summed E-state index contributed by atoms with van der Waals surface area (Å²) in [5, 5.41) is 0. The first kappa shape index (κ1) is 36.0. The molecule has 8 heteroatoms. The van der Waals surface area contributed by atoms with Crippen LogP contribution in [-0.4, -0.2) is 26.4 Å². The smallest absolute Gasteiger partial charge is 0 e. The van der Waals surface area contributed by atoms with Gasteiger partial charge in [-0.1, -0.05) is 0 Å². The summed E-state index contributed by atoms with van der Waals surface area (Å²) in [5.74, 6) is 0. The second-order valence-corrected chi connectivity index (χ2v) is 1.22. The fourth-order valence-electron chi connectivity index (χ4n) is 0.440. The van der Waals surface area contributed by atoms with Crippen LogP contribution < -0.4 is 29.6 Å². The molecule has 1 aliphatic rings. The third-order valence-electron chi connectivity index (χ3n) is 0.744. The molecule has 0 N–H and O–H groups in total. The van der Waals surface area contributed by atoms with Gasteiger partial charge in [0.05, 0.1) is 26.4 Å². The second kappa shape index (κ2) is 78.0. The second-order valence-electron chi connectivity index (χ2n) is 1.22. The first-order chi connectivity index (χ1) is 7.00. The normalized spacial score (nSPS) is 9.50. The summed E-state index contributed by atoms with van der Waals surface area (Å²) < 4.78 is 39.9. The molecule has 0 aromatic heterocycles. The Bertz CT molecular complexity index is 116. The Labute approximate surface area is 127 Å². The van der Waals surface area contributed by atoms with Crippen LogP contribution in [0.5, 0.6) is 0 Å². The Balaban J connectivity index is -0.0000000221. The van der Waals surface area contributed by atoms with E-state index >= 15 is 0 Å². The molecular weight excluding hydrogens is 271 g/mol. The zero-order valence-electron chi connectivity index (χ0n) is 8.63.